The van der Waals surface area contributed by atoms with E-state index in [0.717, 1.165) is 12.0 Å². The third-order valence-corrected chi connectivity index (χ3v) is 2.56. The van der Waals surface area contributed by atoms with Crippen LogP contribution in [0.5, 0.6) is 0 Å². The zero-order valence-electron chi connectivity index (χ0n) is 11.9. The van der Waals surface area contributed by atoms with Crippen molar-refractivity contribution in [3.8, 4) is 0 Å². The Balaban J connectivity index is 2.72. The summed E-state index contributed by atoms with van der Waals surface area (Å²) in [4.78, 5) is 22.7. The topological polar surface area (TPSA) is 55.4 Å². The maximum atomic E-state index is 11.6. The van der Waals surface area contributed by atoms with Crippen molar-refractivity contribution in [2.75, 3.05) is 0 Å². The van der Waals surface area contributed by atoms with Crippen LogP contribution in [0.15, 0.2) is 24.3 Å². The van der Waals surface area contributed by atoms with E-state index in [0.29, 0.717) is 6.29 Å². The molecule has 19 heavy (non-hydrogen) atoms. The Morgan fingerprint density at radius 3 is 2.32 bits per heavy atom. The summed E-state index contributed by atoms with van der Waals surface area (Å²) in [7, 11) is 0. The molecule has 1 aromatic carbocycles. The van der Waals surface area contributed by atoms with E-state index in [9.17, 15) is 9.59 Å². The molecule has 0 spiro atoms. The maximum absolute atomic E-state index is 11.6. The van der Waals surface area contributed by atoms with Gasteiger partial charge in [0.25, 0.3) is 0 Å². The minimum Gasteiger partial charge on any atom is -0.444 e. The molecule has 0 radical (unpaired) electrons. The Morgan fingerprint density at radius 2 is 1.89 bits per heavy atom. The molecule has 0 saturated heterocycles. The maximum Gasteiger partial charge on any atom is 0.408 e. The van der Waals surface area contributed by atoms with E-state index in [2.05, 4.69) is 12.2 Å². The number of hydrogen-bond donors (Lipinski definition) is 1. The zero-order valence-corrected chi connectivity index (χ0v) is 11.9. The molecule has 0 aliphatic rings. The second kappa shape index (κ2) is 6.36. The quantitative estimate of drug-likeness (QED) is 0.849. The highest BCUT2D eigenvalue weighted by molar-refractivity contribution is 5.74. The molecule has 1 unspecified atom stereocenters. The van der Waals surface area contributed by atoms with Crippen LogP contribution in [0.3, 0.4) is 0 Å². The van der Waals surface area contributed by atoms with E-state index >= 15 is 0 Å². The van der Waals surface area contributed by atoms with Crippen LogP contribution in [0.2, 0.25) is 0 Å². The number of benzene rings is 1. The molecule has 1 atom stereocenters. The second-order valence-corrected chi connectivity index (χ2v) is 5.36. The van der Waals surface area contributed by atoms with Gasteiger partial charge >= 0.3 is 6.09 Å². The third kappa shape index (κ3) is 5.12. The first-order valence-corrected chi connectivity index (χ1v) is 6.39. The molecular weight excluding hydrogens is 242 g/mol. The summed E-state index contributed by atoms with van der Waals surface area (Å²) in [5.74, 6) is 0. The first-order valence-electron chi connectivity index (χ1n) is 6.39. The fourth-order valence-corrected chi connectivity index (χ4v) is 1.59. The third-order valence-electron chi connectivity index (χ3n) is 2.56. The lowest BCUT2D eigenvalue weighted by Gasteiger charge is -2.21. The van der Waals surface area contributed by atoms with Gasteiger partial charge in [0, 0.05) is 0 Å². The van der Waals surface area contributed by atoms with E-state index in [1.807, 2.05) is 24.3 Å². The van der Waals surface area contributed by atoms with E-state index in [1.165, 1.54) is 5.56 Å². The number of alkyl carbamates (subject to hydrolysis) is 1. The van der Waals surface area contributed by atoms with Gasteiger partial charge in [0.05, 0.1) is 0 Å². The van der Waals surface area contributed by atoms with Gasteiger partial charge in [-0.15, -0.1) is 0 Å². The standard InChI is InChI=1S/C15H21NO3/c1-5-11-6-8-12(9-7-11)13(10-17)16-14(18)19-15(2,3)4/h6-10,13H,5H2,1-4H3,(H,16,18). The van der Waals surface area contributed by atoms with Crippen molar-refractivity contribution in [2.24, 2.45) is 0 Å². The van der Waals surface area contributed by atoms with Crippen LogP contribution in [0.4, 0.5) is 4.79 Å². The van der Waals surface area contributed by atoms with Crippen LogP contribution in [0, 0.1) is 0 Å². The summed E-state index contributed by atoms with van der Waals surface area (Å²) in [6.07, 6.45) is 1.04. The number of amides is 1. The van der Waals surface area contributed by atoms with E-state index < -0.39 is 17.7 Å². The first-order chi connectivity index (χ1) is 8.85. The van der Waals surface area contributed by atoms with Crippen molar-refractivity contribution in [3.05, 3.63) is 35.4 Å². The SMILES string of the molecule is CCc1ccc(C(C=O)NC(=O)OC(C)(C)C)cc1. The molecule has 1 rings (SSSR count). The van der Waals surface area contributed by atoms with Crippen molar-refractivity contribution in [1.29, 1.82) is 0 Å². The van der Waals surface area contributed by atoms with Crippen molar-refractivity contribution in [1.82, 2.24) is 5.32 Å². The number of carbonyl (C=O) groups is 2. The molecule has 0 bridgehead atoms. The Hall–Kier alpha value is -1.84. The molecule has 104 valence electrons. The number of carbonyl (C=O) groups excluding carboxylic acids is 2. The molecule has 1 amide bonds. The van der Waals surface area contributed by atoms with Gasteiger partial charge < -0.3 is 14.8 Å². The Morgan fingerprint density at radius 1 is 1.32 bits per heavy atom. The highest BCUT2D eigenvalue weighted by atomic mass is 16.6. The van der Waals surface area contributed by atoms with Crippen LogP contribution >= 0.6 is 0 Å². The smallest absolute Gasteiger partial charge is 0.408 e. The Bertz CT molecular complexity index is 432. The molecule has 0 aliphatic heterocycles. The fourth-order valence-electron chi connectivity index (χ4n) is 1.59. The van der Waals surface area contributed by atoms with Gasteiger partial charge in [-0.3, -0.25) is 0 Å². The lowest BCUT2D eigenvalue weighted by molar-refractivity contribution is -0.109. The highest BCUT2D eigenvalue weighted by Crippen LogP contribution is 2.14. The van der Waals surface area contributed by atoms with E-state index in [4.69, 9.17) is 4.74 Å². The molecule has 0 saturated carbocycles. The number of rotatable bonds is 4. The molecule has 1 aromatic rings. The molecule has 0 aromatic heterocycles. The number of ether oxygens (including phenoxy) is 1. The lowest BCUT2D eigenvalue weighted by Crippen LogP contribution is -2.35. The Labute approximate surface area is 114 Å². The second-order valence-electron chi connectivity index (χ2n) is 5.36. The fraction of sp³-hybridized carbons (Fsp3) is 0.467. The molecule has 0 fully saturated rings. The minimum absolute atomic E-state index is 0.580. The van der Waals surface area contributed by atoms with Gasteiger partial charge in [0.1, 0.15) is 17.9 Å². The largest absolute Gasteiger partial charge is 0.444 e. The number of aldehydes is 1. The first kappa shape index (κ1) is 15.2. The van der Waals surface area contributed by atoms with Gasteiger partial charge in [-0.1, -0.05) is 31.2 Å². The van der Waals surface area contributed by atoms with Crippen LogP contribution in [0.25, 0.3) is 0 Å². The van der Waals surface area contributed by atoms with E-state index in [1.54, 1.807) is 20.8 Å². The summed E-state index contributed by atoms with van der Waals surface area (Å²) < 4.78 is 5.13. The molecule has 4 nitrogen and oxygen atoms in total. The highest BCUT2D eigenvalue weighted by Gasteiger charge is 2.20. The average molecular weight is 263 g/mol. The summed E-state index contributed by atoms with van der Waals surface area (Å²) in [5, 5.41) is 2.55. The monoisotopic (exact) mass is 263 g/mol. The summed E-state index contributed by atoms with van der Waals surface area (Å²) in [6.45, 7) is 7.39. The normalized spacial score (nSPS) is 12.6. The summed E-state index contributed by atoms with van der Waals surface area (Å²) in [6, 6.07) is 6.90. The molecule has 0 aliphatic carbocycles. The van der Waals surface area contributed by atoms with Crippen molar-refractivity contribution >= 4 is 12.4 Å². The predicted octanol–water partition coefficient (Wildman–Crippen LogP) is 3.01. The van der Waals surface area contributed by atoms with Crippen LogP contribution in [-0.4, -0.2) is 18.0 Å². The van der Waals surface area contributed by atoms with Gasteiger partial charge in [-0.2, -0.15) is 0 Å². The summed E-state index contributed by atoms with van der Waals surface area (Å²) in [5.41, 5.74) is 1.35. The van der Waals surface area contributed by atoms with Gasteiger partial charge in [-0.05, 0) is 38.3 Å². The lowest BCUT2D eigenvalue weighted by atomic mass is 10.0. The number of nitrogens with one attached hydrogen (secondary N) is 1. The van der Waals surface area contributed by atoms with Gasteiger partial charge in [0.15, 0.2) is 0 Å². The average Bonchev–Trinajstić information content (AvgIpc) is 2.34. The number of hydrogen-bond acceptors (Lipinski definition) is 3. The van der Waals surface area contributed by atoms with Crippen LogP contribution in [0.1, 0.15) is 44.9 Å². The molecule has 0 heterocycles. The van der Waals surface area contributed by atoms with Gasteiger partial charge in [0.2, 0.25) is 0 Å². The van der Waals surface area contributed by atoms with Crippen LogP contribution in [-0.2, 0) is 16.0 Å². The van der Waals surface area contributed by atoms with Crippen molar-refractivity contribution in [2.45, 2.75) is 45.8 Å². The van der Waals surface area contributed by atoms with Crippen molar-refractivity contribution in [3.63, 3.8) is 0 Å². The minimum atomic E-state index is -0.680. The molecule has 1 N–H and O–H groups in total. The van der Waals surface area contributed by atoms with Crippen LogP contribution < -0.4 is 5.32 Å². The predicted molar refractivity (Wildman–Crippen MR) is 74.0 cm³/mol. The van der Waals surface area contributed by atoms with E-state index in [-0.39, 0.29) is 0 Å². The number of aryl methyl sites for hydroxylation is 1. The Kier molecular flexibility index (Phi) is 5.10. The summed E-state index contributed by atoms with van der Waals surface area (Å²) >= 11 is 0. The zero-order chi connectivity index (χ0) is 14.5. The molecule has 4 heteroatoms. The molecular formula is C15H21NO3. The van der Waals surface area contributed by atoms with Gasteiger partial charge in [-0.25, -0.2) is 4.79 Å². The van der Waals surface area contributed by atoms with Crippen molar-refractivity contribution < 1.29 is 14.3 Å².